The van der Waals surface area contributed by atoms with Crippen molar-refractivity contribution in [3.05, 3.63) is 124 Å². The fourth-order valence-electron chi connectivity index (χ4n) is 6.96. The van der Waals surface area contributed by atoms with Crippen LogP contribution in [0.2, 0.25) is 0 Å². The highest BCUT2D eigenvalue weighted by Crippen LogP contribution is 2.41. The second kappa shape index (κ2) is 15.6. The summed E-state index contributed by atoms with van der Waals surface area (Å²) in [5.74, 6) is -0.200. The van der Waals surface area contributed by atoms with E-state index in [4.69, 9.17) is 4.74 Å². The maximum Gasteiger partial charge on any atom is 0.410 e. The maximum atomic E-state index is 13.1. The fraction of sp³-hybridized carbons (Fsp3) is 0.389. The number of carboxylic acid groups (broad SMARTS) is 1. The molecule has 5 rings (SSSR count). The third-order valence-corrected chi connectivity index (χ3v) is 9.27. The molecule has 2 N–H and O–H groups in total. The predicted molar refractivity (Wildman–Crippen MR) is 175 cm³/mol. The number of hydrogen-bond acceptors (Lipinski definition) is 7. The van der Waals surface area contributed by atoms with Crippen LogP contribution in [0.4, 0.5) is 10.5 Å². The number of nitrogens with one attached hydrogen (secondary N) is 1. The van der Waals surface area contributed by atoms with Crippen LogP contribution >= 0.6 is 0 Å². The number of carbonyl (C=O) groups is 2. The lowest BCUT2D eigenvalue weighted by atomic mass is 9.88. The smallest absolute Gasteiger partial charge is 0.410 e. The molecule has 1 aliphatic heterocycles. The Kier molecular flexibility index (Phi) is 11.2. The molecule has 0 spiro atoms. The van der Waals surface area contributed by atoms with Gasteiger partial charge in [-0.2, -0.15) is 0 Å². The quantitative estimate of drug-likeness (QED) is 0.131. The molecule has 0 bridgehead atoms. The van der Waals surface area contributed by atoms with E-state index in [1.807, 2.05) is 36.4 Å². The Balaban J connectivity index is 1.18. The third kappa shape index (κ3) is 8.38. The molecule has 1 aliphatic carbocycles. The molecule has 2 fully saturated rings. The molecule has 10 heteroatoms. The molecule has 3 aromatic rings. The number of carboxylic acids is 1. The minimum absolute atomic E-state index is 0.00811. The molecular weight excluding hydrogens is 584 g/mol. The van der Waals surface area contributed by atoms with Crippen molar-refractivity contribution in [2.45, 2.75) is 56.3 Å². The summed E-state index contributed by atoms with van der Waals surface area (Å²) in [5, 5.41) is 24.4. The van der Waals surface area contributed by atoms with Crippen LogP contribution in [0.3, 0.4) is 0 Å². The topological polar surface area (TPSA) is 125 Å². The van der Waals surface area contributed by atoms with E-state index in [0.717, 1.165) is 50.9 Å². The molecule has 3 aromatic carbocycles. The lowest BCUT2D eigenvalue weighted by molar-refractivity contribution is -0.384. The zero-order chi connectivity index (χ0) is 32.5. The first-order chi connectivity index (χ1) is 22.3. The van der Waals surface area contributed by atoms with Gasteiger partial charge in [-0.15, -0.1) is 6.58 Å². The molecule has 1 amide bonds. The highest BCUT2D eigenvalue weighted by Gasteiger charge is 2.39. The molecule has 1 heterocycles. The maximum absolute atomic E-state index is 13.1. The van der Waals surface area contributed by atoms with Gasteiger partial charge in [0.1, 0.15) is 12.6 Å². The van der Waals surface area contributed by atoms with Crippen molar-refractivity contribution < 1.29 is 24.4 Å². The van der Waals surface area contributed by atoms with Gasteiger partial charge >= 0.3 is 12.1 Å². The van der Waals surface area contributed by atoms with Crippen LogP contribution in [0.5, 0.6) is 0 Å². The number of ether oxygens (including phenoxy) is 1. The predicted octanol–water partition coefficient (Wildman–Crippen LogP) is 6.16. The number of nitro groups is 1. The van der Waals surface area contributed by atoms with Crippen molar-refractivity contribution in [3.63, 3.8) is 0 Å². The van der Waals surface area contributed by atoms with Gasteiger partial charge in [0.2, 0.25) is 0 Å². The first-order valence-corrected chi connectivity index (χ1v) is 15.9. The second-order valence-electron chi connectivity index (χ2n) is 12.2. The molecular formula is C36H42N4O6. The van der Waals surface area contributed by atoms with Gasteiger partial charge in [0, 0.05) is 50.4 Å². The molecule has 242 valence electrons. The molecule has 1 saturated heterocycles. The van der Waals surface area contributed by atoms with Crippen molar-refractivity contribution in [3.8, 4) is 0 Å². The summed E-state index contributed by atoms with van der Waals surface area (Å²) in [4.78, 5) is 40.0. The number of rotatable bonds is 13. The van der Waals surface area contributed by atoms with Gasteiger partial charge in [-0.1, -0.05) is 66.7 Å². The number of amides is 1. The minimum Gasteiger partial charge on any atom is -0.480 e. The first-order valence-electron chi connectivity index (χ1n) is 15.9. The Labute approximate surface area is 269 Å². The van der Waals surface area contributed by atoms with Crippen molar-refractivity contribution in [1.82, 2.24) is 15.1 Å². The summed E-state index contributed by atoms with van der Waals surface area (Å²) < 4.78 is 5.59. The monoisotopic (exact) mass is 626 g/mol. The molecule has 2 unspecified atom stereocenters. The van der Waals surface area contributed by atoms with Crippen molar-refractivity contribution >= 4 is 17.7 Å². The lowest BCUT2D eigenvalue weighted by Gasteiger charge is -2.39. The van der Waals surface area contributed by atoms with Gasteiger partial charge in [-0.25, -0.2) is 4.79 Å². The highest BCUT2D eigenvalue weighted by atomic mass is 16.6. The molecule has 2 aliphatic rings. The van der Waals surface area contributed by atoms with Crippen LogP contribution in [0, 0.1) is 16.0 Å². The largest absolute Gasteiger partial charge is 0.480 e. The van der Waals surface area contributed by atoms with E-state index in [1.54, 1.807) is 23.1 Å². The van der Waals surface area contributed by atoms with Gasteiger partial charge in [0.25, 0.3) is 5.69 Å². The highest BCUT2D eigenvalue weighted by molar-refractivity contribution is 5.75. The van der Waals surface area contributed by atoms with E-state index >= 15 is 0 Å². The Morgan fingerprint density at radius 1 is 1.02 bits per heavy atom. The van der Waals surface area contributed by atoms with E-state index in [0.29, 0.717) is 23.9 Å². The van der Waals surface area contributed by atoms with Gasteiger partial charge in [-0.05, 0) is 66.3 Å². The number of piperidine rings is 1. The van der Waals surface area contributed by atoms with Crippen LogP contribution < -0.4 is 5.32 Å². The third-order valence-electron chi connectivity index (χ3n) is 9.27. The minimum atomic E-state index is -0.872. The summed E-state index contributed by atoms with van der Waals surface area (Å²) in [7, 11) is 0. The van der Waals surface area contributed by atoms with Gasteiger partial charge in [0.15, 0.2) is 0 Å². The second-order valence-corrected chi connectivity index (χ2v) is 12.2. The Morgan fingerprint density at radius 2 is 1.67 bits per heavy atom. The van der Waals surface area contributed by atoms with Gasteiger partial charge in [-0.3, -0.25) is 20.2 Å². The van der Waals surface area contributed by atoms with E-state index in [2.05, 4.69) is 41.1 Å². The number of nitrogens with zero attached hydrogens (tertiary/aromatic N) is 3. The van der Waals surface area contributed by atoms with Crippen LogP contribution in [-0.2, 0) is 16.1 Å². The first kappa shape index (κ1) is 32.8. The fourth-order valence-corrected chi connectivity index (χ4v) is 6.96. The van der Waals surface area contributed by atoms with Crippen molar-refractivity contribution in [2.24, 2.45) is 5.92 Å². The number of aliphatic carboxylic acids is 1. The standard InChI is InChI=1S/C36H42N4O6/c1-2-19-39(36(43)46-25-26-13-15-32(16-14-26)40(44)45)31-17-20-38(21-18-31)24-29-22-30(23-33(29)27-9-5-3-6-10-27)37-34(35(41)42)28-11-7-4-8-12-28/h2-16,29-31,33-34,37H,1,17-25H2,(H,41,42)/t29-,30?,33-,34?/m1/s1. The number of likely N-dealkylation sites (tertiary alicyclic amines) is 1. The zero-order valence-electron chi connectivity index (χ0n) is 25.9. The average Bonchev–Trinajstić information content (AvgIpc) is 3.48. The van der Waals surface area contributed by atoms with E-state index in [9.17, 15) is 24.8 Å². The summed E-state index contributed by atoms with van der Waals surface area (Å²) in [6, 6.07) is 25.2. The normalized spacial score (nSPS) is 20.9. The van der Waals surface area contributed by atoms with Crippen molar-refractivity contribution in [1.29, 1.82) is 0 Å². The molecule has 0 radical (unpaired) electrons. The average molecular weight is 627 g/mol. The summed E-state index contributed by atoms with van der Waals surface area (Å²) in [5.41, 5.74) is 2.72. The van der Waals surface area contributed by atoms with Gasteiger partial charge in [0.05, 0.1) is 4.92 Å². The number of non-ortho nitro benzene ring substituents is 1. The number of hydrogen-bond donors (Lipinski definition) is 2. The van der Waals surface area contributed by atoms with Crippen molar-refractivity contribution in [2.75, 3.05) is 26.2 Å². The molecule has 0 aromatic heterocycles. The molecule has 1 saturated carbocycles. The SMILES string of the molecule is C=CCN(C(=O)OCc1ccc([N+](=O)[O-])cc1)C1CCN(C[C@H]2CC(NC(C(=O)O)c3ccccc3)C[C@@H]2c2ccccc2)CC1. The van der Waals surface area contributed by atoms with Gasteiger partial charge < -0.3 is 19.6 Å². The lowest BCUT2D eigenvalue weighted by Crippen LogP contribution is -2.48. The molecule has 4 atom stereocenters. The Bertz CT molecular complexity index is 1460. The summed E-state index contributed by atoms with van der Waals surface area (Å²) >= 11 is 0. The van der Waals surface area contributed by atoms with Crippen LogP contribution in [0.15, 0.2) is 97.6 Å². The van der Waals surface area contributed by atoms with Crippen LogP contribution in [-0.4, -0.2) is 70.2 Å². The Morgan fingerprint density at radius 3 is 2.28 bits per heavy atom. The summed E-state index contributed by atoms with van der Waals surface area (Å²) in [6.45, 7) is 6.83. The molecule has 10 nitrogen and oxygen atoms in total. The number of nitro benzene ring substituents is 1. The number of carbonyl (C=O) groups excluding carboxylic acids is 1. The Hall–Kier alpha value is -4.54. The number of benzene rings is 3. The van der Waals surface area contributed by atoms with E-state index in [1.165, 1.54) is 17.7 Å². The van der Waals surface area contributed by atoms with Crippen LogP contribution in [0.25, 0.3) is 0 Å². The van der Waals surface area contributed by atoms with E-state index in [-0.39, 0.29) is 24.4 Å². The zero-order valence-corrected chi connectivity index (χ0v) is 25.9. The summed E-state index contributed by atoms with van der Waals surface area (Å²) in [6.07, 6.45) is 4.65. The molecule has 46 heavy (non-hydrogen) atoms. The van der Waals surface area contributed by atoms with E-state index < -0.39 is 23.0 Å². The van der Waals surface area contributed by atoms with Crippen LogP contribution in [0.1, 0.15) is 54.3 Å².